The topological polar surface area (TPSA) is 113 Å². The van der Waals surface area contributed by atoms with Gasteiger partial charge < -0.3 is 14.7 Å². The van der Waals surface area contributed by atoms with Gasteiger partial charge >= 0.3 is 0 Å². The minimum atomic E-state index is -3.75. The molecule has 0 bridgehead atoms. The molecule has 1 N–H and O–H groups in total. The molecule has 1 aliphatic rings. The minimum Gasteiger partial charge on any atom is -0.360 e. The molecular weight excluding hydrogens is 464 g/mol. The van der Waals surface area contributed by atoms with Crippen molar-refractivity contribution in [3.63, 3.8) is 0 Å². The largest absolute Gasteiger partial charge is 0.360 e. The van der Waals surface area contributed by atoms with Crippen molar-refractivity contribution in [1.29, 1.82) is 0 Å². The van der Waals surface area contributed by atoms with Crippen molar-refractivity contribution in [1.82, 2.24) is 14.4 Å². The van der Waals surface area contributed by atoms with E-state index >= 15 is 0 Å². The summed E-state index contributed by atoms with van der Waals surface area (Å²) in [4.78, 5) is 26.9. The van der Waals surface area contributed by atoms with Gasteiger partial charge in [0.1, 0.15) is 10.6 Å². The Kier molecular flexibility index (Phi) is 8.19. The highest BCUT2D eigenvalue weighted by Gasteiger charge is 2.33. The highest BCUT2D eigenvalue weighted by Crippen LogP contribution is 2.25. The molecule has 1 fully saturated rings. The van der Waals surface area contributed by atoms with Crippen molar-refractivity contribution >= 4 is 39.3 Å². The Hall–Kier alpha value is -2.37. The molecule has 0 saturated carbocycles. The van der Waals surface area contributed by atoms with Crippen LogP contribution in [0.3, 0.4) is 0 Å². The zero-order valence-corrected chi connectivity index (χ0v) is 21.0. The number of hydrogen-bond donors (Lipinski definition) is 1. The number of thioether (sulfide) groups is 1. The van der Waals surface area contributed by atoms with E-state index in [2.05, 4.69) is 10.5 Å². The number of nitrogens with zero attached hydrogens (tertiary/aromatic N) is 3. The summed E-state index contributed by atoms with van der Waals surface area (Å²) in [7, 11) is -3.75. The number of hydrogen-bond acceptors (Lipinski definition) is 7. The lowest BCUT2D eigenvalue weighted by atomic mass is 10.2. The van der Waals surface area contributed by atoms with Crippen LogP contribution in [0.4, 0.5) is 5.69 Å². The fraction of sp³-hybridized carbons (Fsp3) is 0.500. The number of benzene rings is 1. The van der Waals surface area contributed by atoms with E-state index < -0.39 is 15.3 Å². The first kappa shape index (κ1) is 25.3. The molecule has 1 aromatic carbocycles. The van der Waals surface area contributed by atoms with Crippen LogP contribution < -0.4 is 5.32 Å². The maximum absolute atomic E-state index is 13.1. The van der Waals surface area contributed by atoms with Crippen molar-refractivity contribution in [2.75, 3.05) is 37.2 Å². The third-order valence-corrected chi connectivity index (χ3v) is 8.75. The monoisotopic (exact) mass is 494 g/mol. The fourth-order valence-corrected chi connectivity index (χ4v) is 6.22. The molecule has 11 heteroatoms. The van der Waals surface area contributed by atoms with E-state index in [0.717, 1.165) is 11.3 Å². The van der Waals surface area contributed by atoms with Crippen molar-refractivity contribution in [3.8, 4) is 0 Å². The van der Waals surface area contributed by atoms with Crippen LogP contribution in [0, 0.1) is 20.8 Å². The fourth-order valence-electron chi connectivity index (χ4n) is 3.69. The number of aromatic nitrogens is 1. The predicted octanol–water partition coefficient (Wildman–Crippen LogP) is 2.58. The third kappa shape index (κ3) is 6.15. The summed E-state index contributed by atoms with van der Waals surface area (Å²) in [5.74, 6) is 0.149. The Morgan fingerprint density at radius 3 is 2.45 bits per heavy atom. The third-order valence-electron chi connectivity index (χ3n) is 5.48. The predicted molar refractivity (Wildman–Crippen MR) is 128 cm³/mol. The highest BCUT2D eigenvalue weighted by molar-refractivity contribution is 8.01. The number of carbonyl (C=O) groups excluding carboxylic acids is 2. The van der Waals surface area contributed by atoms with Gasteiger partial charge in [0.15, 0.2) is 5.76 Å². The molecule has 2 amide bonds. The number of carbonyl (C=O) groups is 2. The van der Waals surface area contributed by atoms with Gasteiger partial charge in [-0.05, 0) is 46.2 Å². The van der Waals surface area contributed by atoms with Gasteiger partial charge in [-0.25, -0.2) is 8.42 Å². The molecule has 0 spiro atoms. The van der Waals surface area contributed by atoms with Gasteiger partial charge in [0.2, 0.25) is 21.8 Å². The normalized spacial score (nSPS) is 16.3. The summed E-state index contributed by atoms with van der Waals surface area (Å²) in [5, 5.41) is 6.16. The van der Waals surface area contributed by atoms with Gasteiger partial charge in [-0.3, -0.25) is 9.59 Å². The Labute approximate surface area is 198 Å². The Morgan fingerprint density at radius 1 is 1.12 bits per heavy atom. The van der Waals surface area contributed by atoms with E-state index in [1.807, 2.05) is 31.2 Å². The molecule has 0 radical (unpaired) electrons. The molecule has 1 unspecified atom stereocenters. The van der Waals surface area contributed by atoms with Crippen LogP contribution in [0.15, 0.2) is 33.7 Å². The summed E-state index contributed by atoms with van der Waals surface area (Å²) in [6, 6.07) is 7.52. The molecule has 180 valence electrons. The molecule has 1 aliphatic heterocycles. The van der Waals surface area contributed by atoms with E-state index in [0.29, 0.717) is 31.7 Å². The second-order valence-corrected chi connectivity index (χ2v) is 11.3. The van der Waals surface area contributed by atoms with Gasteiger partial charge in [0, 0.05) is 31.9 Å². The number of nitrogens with one attached hydrogen (secondary N) is 1. The number of aryl methyl sites for hydroxylation is 3. The van der Waals surface area contributed by atoms with Crippen LogP contribution in [0.2, 0.25) is 0 Å². The van der Waals surface area contributed by atoms with E-state index in [9.17, 15) is 18.0 Å². The van der Waals surface area contributed by atoms with Crippen LogP contribution in [0.25, 0.3) is 0 Å². The second-order valence-electron chi connectivity index (χ2n) is 8.10. The smallest absolute Gasteiger partial charge is 0.248 e. The van der Waals surface area contributed by atoms with Gasteiger partial charge in [-0.2, -0.15) is 4.31 Å². The zero-order chi connectivity index (χ0) is 24.2. The maximum atomic E-state index is 13.1. The van der Waals surface area contributed by atoms with Gasteiger partial charge in [0.25, 0.3) is 0 Å². The number of amides is 2. The summed E-state index contributed by atoms with van der Waals surface area (Å²) in [6.45, 7) is 8.20. The van der Waals surface area contributed by atoms with Crippen LogP contribution in [0.5, 0.6) is 0 Å². The highest BCUT2D eigenvalue weighted by atomic mass is 32.2. The molecule has 33 heavy (non-hydrogen) atoms. The summed E-state index contributed by atoms with van der Waals surface area (Å²) >= 11 is 1.27. The van der Waals surface area contributed by atoms with E-state index in [1.54, 1.807) is 25.7 Å². The van der Waals surface area contributed by atoms with Crippen LogP contribution >= 0.6 is 11.8 Å². The average Bonchev–Trinajstić information content (AvgIpc) is 2.97. The summed E-state index contributed by atoms with van der Waals surface area (Å²) in [6.07, 6.45) is 0.527. The van der Waals surface area contributed by atoms with Gasteiger partial charge in [-0.15, -0.1) is 11.8 Å². The molecule has 3 rings (SSSR count). The molecule has 9 nitrogen and oxygen atoms in total. The lowest BCUT2D eigenvalue weighted by molar-refractivity contribution is -0.130. The van der Waals surface area contributed by atoms with Gasteiger partial charge in [0.05, 0.1) is 11.0 Å². The Morgan fingerprint density at radius 2 is 1.82 bits per heavy atom. The molecule has 0 aliphatic carbocycles. The van der Waals surface area contributed by atoms with E-state index in [4.69, 9.17) is 4.52 Å². The first-order valence-electron chi connectivity index (χ1n) is 10.8. The number of anilines is 1. The van der Waals surface area contributed by atoms with Crippen molar-refractivity contribution in [3.05, 3.63) is 41.3 Å². The van der Waals surface area contributed by atoms with Gasteiger partial charge in [-0.1, -0.05) is 22.9 Å². The second kappa shape index (κ2) is 10.7. The molecular formula is C22H30N4O5S2. The van der Waals surface area contributed by atoms with Crippen molar-refractivity contribution in [2.45, 2.75) is 44.3 Å². The molecule has 2 aromatic rings. The Balaban J connectivity index is 1.53. The zero-order valence-electron chi connectivity index (χ0n) is 19.3. The molecule has 1 atom stereocenters. The quantitative estimate of drug-likeness (QED) is 0.629. The number of sulfonamides is 1. The first-order valence-corrected chi connectivity index (χ1v) is 13.3. The Bertz CT molecular complexity index is 1080. The summed E-state index contributed by atoms with van der Waals surface area (Å²) < 4.78 is 32.6. The summed E-state index contributed by atoms with van der Waals surface area (Å²) in [5.41, 5.74) is 2.16. The van der Waals surface area contributed by atoms with E-state index in [1.165, 1.54) is 16.1 Å². The number of rotatable bonds is 7. The van der Waals surface area contributed by atoms with E-state index in [-0.39, 0.29) is 34.8 Å². The lowest BCUT2D eigenvalue weighted by Crippen LogP contribution is -2.40. The minimum absolute atomic E-state index is 0.0975. The van der Waals surface area contributed by atoms with Crippen LogP contribution in [-0.2, 0) is 19.6 Å². The molecule has 2 heterocycles. The lowest BCUT2D eigenvalue weighted by Gasteiger charge is -2.24. The first-order chi connectivity index (χ1) is 15.6. The maximum Gasteiger partial charge on any atom is 0.248 e. The van der Waals surface area contributed by atoms with Crippen molar-refractivity contribution < 1.29 is 22.5 Å². The average molecular weight is 495 g/mol. The SMILES string of the molecule is Cc1ccc(NC(=O)CSC(C)C(=O)N2CCCN(S(=O)(=O)c3c(C)noc3C)CC2)cc1. The van der Waals surface area contributed by atoms with Crippen molar-refractivity contribution in [2.24, 2.45) is 0 Å². The van der Waals surface area contributed by atoms with Crippen LogP contribution in [-0.4, -0.2) is 71.8 Å². The molecule has 1 aromatic heterocycles. The standard InChI is InChI=1S/C22H30N4O5S2/c1-15-6-8-19(9-7-15)23-20(27)14-32-18(4)22(28)25-10-5-11-26(13-12-25)33(29,30)21-16(2)24-31-17(21)3/h6-9,18H,5,10-14H2,1-4H3,(H,23,27). The molecule has 1 saturated heterocycles. The van der Waals surface area contributed by atoms with Crippen LogP contribution in [0.1, 0.15) is 30.4 Å².